The van der Waals surface area contributed by atoms with Gasteiger partial charge in [-0.25, -0.2) is 0 Å². The Morgan fingerprint density at radius 3 is 2.38 bits per heavy atom. The standard InChI is InChI=1S/C15H23ClN2O.2ClH/c1-11(2)9-14(18-7-5-17-6-8-18)12-3-4-15(19)13(16)10-12;;/h3-4,10-11,14,17,19H,5-9H2,1-2H3;2*1H/t14-;;/m1../s1. The van der Waals surface area contributed by atoms with E-state index in [1.807, 2.05) is 12.1 Å². The molecule has 1 atom stereocenters. The van der Waals surface area contributed by atoms with Crippen LogP contribution in [-0.2, 0) is 0 Å². The lowest BCUT2D eigenvalue weighted by Gasteiger charge is -2.36. The van der Waals surface area contributed by atoms with E-state index in [9.17, 15) is 5.11 Å². The number of phenols is 1. The van der Waals surface area contributed by atoms with Crippen molar-refractivity contribution in [2.24, 2.45) is 5.92 Å². The Bertz CT molecular complexity index is 423. The van der Waals surface area contributed by atoms with Crippen LogP contribution in [0.25, 0.3) is 0 Å². The smallest absolute Gasteiger partial charge is 0.134 e. The zero-order valence-electron chi connectivity index (χ0n) is 12.5. The van der Waals surface area contributed by atoms with Gasteiger partial charge in [0.25, 0.3) is 0 Å². The fraction of sp³-hybridized carbons (Fsp3) is 0.600. The van der Waals surface area contributed by atoms with Gasteiger partial charge in [-0.05, 0) is 30.0 Å². The van der Waals surface area contributed by atoms with Crippen LogP contribution in [-0.4, -0.2) is 36.2 Å². The first-order valence-corrected chi connectivity index (χ1v) is 7.39. The van der Waals surface area contributed by atoms with Crippen LogP contribution in [0.3, 0.4) is 0 Å². The number of aromatic hydroxyl groups is 1. The number of piperazine rings is 1. The van der Waals surface area contributed by atoms with E-state index in [2.05, 4.69) is 24.1 Å². The summed E-state index contributed by atoms with van der Waals surface area (Å²) >= 11 is 6.05. The van der Waals surface area contributed by atoms with E-state index in [1.165, 1.54) is 5.56 Å². The minimum Gasteiger partial charge on any atom is -0.506 e. The van der Waals surface area contributed by atoms with Crippen molar-refractivity contribution in [1.29, 1.82) is 0 Å². The highest BCUT2D eigenvalue weighted by Gasteiger charge is 2.23. The molecule has 2 rings (SSSR count). The second-order valence-corrected chi connectivity index (χ2v) is 6.05. The van der Waals surface area contributed by atoms with Gasteiger partial charge in [-0.15, -0.1) is 24.8 Å². The van der Waals surface area contributed by atoms with Crippen LogP contribution >= 0.6 is 36.4 Å². The van der Waals surface area contributed by atoms with Gasteiger partial charge in [0, 0.05) is 32.2 Å². The monoisotopic (exact) mass is 354 g/mol. The van der Waals surface area contributed by atoms with Gasteiger partial charge in [0.15, 0.2) is 0 Å². The summed E-state index contributed by atoms with van der Waals surface area (Å²) in [6.45, 7) is 8.71. The topological polar surface area (TPSA) is 35.5 Å². The Kier molecular flexibility index (Phi) is 9.66. The van der Waals surface area contributed by atoms with Crippen LogP contribution in [0.4, 0.5) is 0 Å². The first kappa shape index (κ1) is 20.8. The largest absolute Gasteiger partial charge is 0.506 e. The van der Waals surface area contributed by atoms with Crippen molar-refractivity contribution in [2.75, 3.05) is 26.2 Å². The molecule has 2 N–H and O–H groups in total. The Morgan fingerprint density at radius 1 is 1.24 bits per heavy atom. The normalized spacial score (nSPS) is 17.0. The van der Waals surface area contributed by atoms with E-state index in [4.69, 9.17) is 11.6 Å². The van der Waals surface area contributed by atoms with Crippen molar-refractivity contribution < 1.29 is 5.11 Å². The first-order valence-electron chi connectivity index (χ1n) is 7.01. The van der Waals surface area contributed by atoms with Gasteiger partial charge in [0.2, 0.25) is 0 Å². The molecule has 0 spiro atoms. The number of phenolic OH excluding ortho intramolecular Hbond substituents is 1. The molecule has 1 aromatic carbocycles. The van der Waals surface area contributed by atoms with Crippen molar-refractivity contribution in [3.63, 3.8) is 0 Å². The molecule has 0 unspecified atom stereocenters. The number of benzene rings is 1. The Balaban J connectivity index is 0.00000200. The SMILES string of the molecule is CC(C)C[C@H](c1ccc(O)c(Cl)c1)N1CCNCC1.Cl.Cl. The van der Waals surface area contributed by atoms with E-state index >= 15 is 0 Å². The highest BCUT2D eigenvalue weighted by atomic mass is 35.5. The summed E-state index contributed by atoms with van der Waals surface area (Å²) in [6, 6.07) is 6.00. The van der Waals surface area contributed by atoms with Crippen molar-refractivity contribution >= 4 is 36.4 Å². The molecule has 21 heavy (non-hydrogen) atoms. The Morgan fingerprint density at radius 2 is 1.86 bits per heavy atom. The number of nitrogens with zero attached hydrogens (tertiary/aromatic N) is 1. The minimum absolute atomic E-state index is 0. The van der Waals surface area contributed by atoms with Crippen LogP contribution in [0.15, 0.2) is 18.2 Å². The average Bonchev–Trinajstić information content (AvgIpc) is 2.40. The molecule has 1 aromatic rings. The zero-order valence-corrected chi connectivity index (χ0v) is 14.9. The van der Waals surface area contributed by atoms with E-state index in [-0.39, 0.29) is 30.6 Å². The maximum absolute atomic E-state index is 9.56. The van der Waals surface area contributed by atoms with Crippen LogP contribution in [0.2, 0.25) is 5.02 Å². The lowest BCUT2D eigenvalue weighted by Crippen LogP contribution is -2.45. The fourth-order valence-electron chi connectivity index (χ4n) is 2.67. The van der Waals surface area contributed by atoms with Gasteiger partial charge < -0.3 is 10.4 Å². The fourth-order valence-corrected chi connectivity index (χ4v) is 2.86. The molecular formula is C15H25Cl3N2O. The van der Waals surface area contributed by atoms with E-state index in [1.54, 1.807) is 6.07 Å². The summed E-state index contributed by atoms with van der Waals surface area (Å²) in [4.78, 5) is 2.51. The maximum atomic E-state index is 9.56. The third-order valence-electron chi connectivity index (χ3n) is 3.64. The lowest BCUT2D eigenvalue weighted by molar-refractivity contribution is 0.154. The van der Waals surface area contributed by atoms with Crippen LogP contribution in [0.1, 0.15) is 31.9 Å². The minimum atomic E-state index is 0. The predicted molar refractivity (Wildman–Crippen MR) is 94.3 cm³/mol. The van der Waals surface area contributed by atoms with Crippen molar-refractivity contribution in [3.05, 3.63) is 28.8 Å². The third-order valence-corrected chi connectivity index (χ3v) is 3.95. The molecule has 122 valence electrons. The maximum Gasteiger partial charge on any atom is 0.134 e. The molecule has 0 bridgehead atoms. The first-order chi connectivity index (χ1) is 9.08. The molecule has 0 aliphatic carbocycles. The molecule has 1 heterocycles. The Labute approximate surface area is 144 Å². The predicted octanol–water partition coefficient (Wildman–Crippen LogP) is 3.88. The molecule has 1 aliphatic heterocycles. The summed E-state index contributed by atoms with van der Waals surface area (Å²) in [7, 11) is 0. The summed E-state index contributed by atoms with van der Waals surface area (Å²) in [6.07, 6.45) is 1.11. The molecule has 0 aromatic heterocycles. The van der Waals surface area contributed by atoms with Crippen LogP contribution in [0.5, 0.6) is 5.75 Å². The van der Waals surface area contributed by atoms with Crippen LogP contribution in [0, 0.1) is 5.92 Å². The second-order valence-electron chi connectivity index (χ2n) is 5.64. The number of halogens is 3. The summed E-state index contributed by atoms with van der Waals surface area (Å²) < 4.78 is 0. The summed E-state index contributed by atoms with van der Waals surface area (Å²) in [5.74, 6) is 0.793. The highest BCUT2D eigenvalue weighted by Crippen LogP contribution is 2.32. The van der Waals surface area contributed by atoms with E-state index in [0.717, 1.165) is 32.6 Å². The zero-order chi connectivity index (χ0) is 13.8. The summed E-state index contributed by atoms with van der Waals surface area (Å²) in [5.41, 5.74) is 1.21. The molecule has 1 aliphatic rings. The van der Waals surface area contributed by atoms with E-state index < -0.39 is 0 Å². The van der Waals surface area contributed by atoms with Crippen LogP contribution < -0.4 is 5.32 Å². The van der Waals surface area contributed by atoms with Gasteiger partial charge >= 0.3 is 0 Å². The molecule has 1 fully saturated rings. The average molecular weight is 356 g/mol. The molecular weight excluding hydrogens is 331 g/mol. The molecule has 6 heteroatoms. The second kappa shape index (κ2) is 9.75. The van der Waals surface area contributed by atoms with Gasteiger partial charge in [0.05, 0.1) is 5.02 Å². The quantitative estimate of drug-likeness (QED) is 0.860. The molecule has 0 saturated carbocycles. The third kappa shape index (κ3) is 5.84. The molecule has 1 saturated heterocycles. The molecule has 3 nitrogen and oxygen atoms in total. The Hall–Kier alpha value is -0.190. The number of nitrogens with one attached hydrogen (secondary N) is 1. The lowest BCUT2D eigenvalue weighted by atomic mass is 9.95. The number of rotatable bonds is 4. The number of hydrogen-bond acceptors (Lipinski definition) is 3. The van der Waals surface area contributed by atoms with Gasteiger partial charge in [0.1, 0.15) is 5.75 Å². The highest BCUT2D eigenvalue weighted by molar-refractivity contribution is 6.32. The number of hydrogen-bond donors (Lipinski definition) is 2. The van der Waals surface area contributed by atoms with Gasteiger partial charge in [-0.2, -0.15) is 0 Å². The molecule has 0 amide bonds. The van der Waals surface area contributed by atoms with E-state index in [0.29, 0.717) is 17.0 Å². The van der Waals surface area contributed by atoms with Gasteiger partial charge in [-0.1, -0.05) is 31.5 Å². The molecule has 0 radical (unpaired) electrons. The van der Waals surface area contributed by atoms with Crippen molar-refractivity contribution in [1.82, 2.24) is 10.2 Å². The summed E-state index contributed by atoms with van der Waals surface area (Å²) in [5, 5.41) is 13.4. The van der Waals surface area contributed by atoms with Crippen molar-refractivity contribution in [3.8, 4) is 5.75 Å². The van der Waals surface area contributed by atoms with Gasteiger partial charge in [-0.3, -0.25) is 4.90 Å². The van der Waals surface area contributed by atoms with Crippen molar-refractivity contribution in [2.45, 2.75) is 26.3 Å².